The molecule has 0 aromatic heterocycles. The number of nitrogens with one attached hydrogen (secondary N) is 2. The highest BCUT2D eigenvalue weighted by molar-refractivity contribution is 7.89. The zero-order valence-electron chi connectivity index (χ0n) is 15.1. The molecule has 27 heavy (non-hydrogen) atoms. The number of ether oxygens (including phenoxy) is 2. The summed E-state index contributed by atoms with van der Waals surface area (Å²) in [4.78, 5) is 34.9. The highest BCUT2D eigenvalue weighted by Gasteiger charge is 2.27. The SMILES string of the molecule is CCOC(=O)c1ccc(S(=O)(=O)NCC(=O)O[C@H](C)C(=O)NC2CC2)cc1. The van der Waals surface area contributed by atoms with Gasteiger partial charge in [0.05, 0.1) is 17.1 Å². The summed E-state index contributed by atoms with van der Waals surface area (Å²) in [7, 11) is -3.98. The predicted molar refractivity (Wildman–Crippen MR) is 94.3 cm³/mol. The fraction of sp³-hybridized carbons (Fsp3) is 0.471. The molecular formula is C17H22N2O7S. The lowest BCUT2D eigenvalue weighted by Gasteiger charge is -2.13. The lowest BCUT2D eigenvalue weighted by atomic mass is 10.2. The first-order valence-electron chi connectivity index (χ1n) is 8.49. The predicted octanol–water partition coefficient (Wildman–Crippen LogP) is 0.352. The zero-order chi connectivity index (χ0) is 20.0. The Morgan fingerprint density at radius 2 is 1.81 bits per heavy atom. The summed E-state index contributed by atoms with van der Waals surface area (Å²) < 4.78 is 36.2. The van der Waals surface area contributed by atoms with Gasteiger partial charge in [0.1, 0.15) is 6.54 Å². The van der Waals surface area contributed by atoms with Crippen molar-refractivity contribution in [3.63, 3.8) is 0 Å². The number of carbonyl (C=O) groups is 3. The van der Waals surface area contributed by atoms with Gasteiger partial charge in [0, 0.05) is 6.04 Å². The number of hydrogen-bond donors (Lipinski definition) is 2. The van der Waals surface area contributed by atoms with Crippen molar-refractivity contribution < 1.29 is 32.3 Å². The topological polar surface area (TPSA) is 128 Å². The summed E-state index contributed by atoms with van der Waals surface area (Å²) in [6.45, 7) is 2.66. The second-order valence-corrected chi connectivity index (χ2v) is 7.75. The number of benzene rings is 1. The number of sulfonamides is 1. The summed E-state index contributed by atoms with van der Waals surface area (Å²) in [6.07, 6.45) is 0.800. The van der Waals surface area contributed by atoms with Crippen LogP contribution < -0.4 is 10.0 Å². The quantitative estimate of drug-likeness (QED) is 0.575. The molecule has 0 spiro atoms. The fourth-order valence-electron chi connectivity index (χ4n) is 2.06. The first kappa shape index (κ1) is 20.8. The number of amides is 1. The third-order valence-electron chi connectivity index (χ3n) is 3.68. The van der Waals surface area contributed by atoms with Gasteiger partial charge in [-0.05, 0) is 51.0 Å². The lowest BCUT2D eigenvalue weighted by molar-refractivity contribution is -0.153. The van der Waals surface area contributed by atoms with E-state index >= 15 is 0 Å². The van der Waals surface area contributed by atoms with E-state index in [2.05, 4.69) is 10.0 Å². The van der Waals surface area contributed by atoms with Crippen molar-refractivity contribution in [3.8, 4) is 0 Å². The van der Waals surface area contributed by atoms with E-state index in [0.29, 0.717) is 0 Å². The highest BCUT2D eigenvalue weighted by Crippen LogP contribution is 2.18. The Balaban J connectivity index is 1.86. The molecule has 2 N–H and O–H groups in total. The Morgan fingerprint density at radius 3 is 2.37 bits per heavy atom. The Kier molecular flexibility index (Phi) is 6.92. The molecule has 0 radical (unpaired) electrons. The maximum atomic E-state index is 12.2. The van der Waals surface area contributed by atoms with Crippen LogP contribution in [0.4, 0.5) is 0 Å². The van der Waals surface area contributed by atoms with Crippen LogP contribution in [0.2, 0.25) is 0 Å². The zero-order valence-corrected chi connectivity index (χ0v) is 15.9. The average molecular weight is 398 g/mol. The fourth-order valence-corrected chi connectivity index (χ4v) is 3.03. The van der Waals surface area contributed by atoms with Crippen LogP contribution in [0.3, 0.4) is 0 Å². The van der Waals surface area contributed by atoms with Gasteiger partial charge in [-0.2, -0.15) is 4.72 Å². The number of hydrogen-bond acceptors (Lipinski definition) is 7. The van der Waals surface area contributed by atoms with Crippen molar-refractivity contribution in [2.45, 2.75) is 43.7 Å². The monoisotopic (exact) mass is 398 g/mol. The van der Waals surface area contributed by atoms with E-state index in [-0.39, 0.29) is 23.1 Å². The molecule has 0 bridgehead atoms. The van der Waals surface area contributed by atoms with Gasteiger partial charge < -0.3 is 14.8 Å². The van der Waals surface area contributed by atoms with E-state index in [1.54, 1.807) is 6.92 Å². The maximum Gasteiger partial charge on any atom is 0.338 e. The molecule has 1 saturated carbocycles. The van der Waals surface area contributed by atoms with Crippen molar-refractivity contribution in [3.05, 3.63) is 29.8 Å². The molecule has 1 amide bonds. The summed E-state index contributed by atoms with van der Waals surface area (Å²) in [5, 5.41) is 2.69. The molecule has 1 aromatic carbocycles. The van der Waals surface area contributed by atoms with Crippen molar-refractivity contribution in [2.24, 2.45) is 0 Å². The van der Waals surface area contributed by atoms with Crippen LogP contribution in [-0.2, 0) is 29.1 Å². The minimum absolute atomic E-state index is 0.122. The second-order valence-electron chi connectivity index (χ2n) is 5.98. The lowest BCUT2D eigenvalue weighted by Crippen LogP contribution is -2.39. The van der Waals surface area contributed by atoms with Crippen molar-refractivity contribution in [2.75, 3.05) is 13.2 Å². The first-order chi connectivity index (χ1) is 12.7. The van der Waals surface area contributed by atoms with Gasteiger partial charge in [-0.3, -0.25) is 9.59 Å². The first-order valence-corrected chi connectivity index (χ1v) is 9.98. The van der Waals surface area contributed by atoms with Crippen LogP contribution in [0.5, 0.6) is 0 Å². The molecule has 0 saturated heterocycles. The van der Waals surface area contributed by atoms with Gasteiger partial charge in [-0.15, -0.1) is 0 Å². The van der Waals surface area contributed by atoms with Gasteiger partial charge in [0.15, 0.2) is 6.10 Å². The molecule has 148 valence electrons. The Hall–Kier alpha value is -2.46. The summed E-state index contributed by atoms with van der Waals surface area (Å²) >= 11 is 0. The highest BCUT2D eigenvalue weighted by atomic mass is 32.2. The van der Waals surface area contributed by atoms with Gasteiger partial charge in [-0.25, -0.2) is 13.2 Å². The third-order valence-corrected chi connectivity index (χ3v) is 5.10. The van der Waals surface area contributed by atoms with E-state index in [1.165, 1.54) is 31.2 Å². The third kappa shape index (κ3) is 6.33. The molecule has 0 aliphatic heterocycles. The smallest absolute Gasteiger partial charge is 0.338 e. The van der Waals surface area contributed by atoms with Gasteiger partial charge >= 0.3 is 11.9 Å². The second kappa shape index (κ2) is 8.96. The maximum absolute atomic E-state index is 12.2. The Morgan fingerprint density at radius 1 is 1.19 bits per heavy atom. The molecule has 1 atom stereocenters. The van der Waals surface area contributed by atoms with E-state index in [9.17, 15) is 22.8 Å². The van der Waals surface area contributed by atoms with Crippen LogP contribution in [0, 0.1) is 0 Å². The number of esters is 2. The van der Waals surface area contributed by atoms with Crippen LogP contribution in [0.15, 0.2) is 29.2 Å². The van der Waals surface area contributed by atoms with Crippen LogP contribution in [-0.4, -0.2) is 51.6 Å². The minimum atomic E-state index is -3.98. The van der Waals surface area contributed by atoms with Gasteiger partial charge in [0.25, 0.3) is 5.91 Å². The van der Waals surface area contributed by atoms with Gasteiger partial charge in [-0.1, -0.05) is 0 Å². The van der Waals surface area contributed by atoms with Crippen molar-refractivity contribution in [1.82, 2.24) is 10.0 Å². The molecular weight excluding hydrogens is 376 g/mol. The Bertz CT molecular complexity index is 801. The average Bonchev–Trinajstić information content (AvgIpc) is 3.44. The van der Waals surface area contributed by atoms with Crippen LogP contribution in [0.1, 0.15) is 37.0 Å². The molecule has 9 nitrogen and oxygen atoms in total. The van der Waals surface area contributed by atoms with Gasteiger partial charge in [0.2, 0.25) is 10.0 Å². The summed E-state index contributed by atoms with van der Waals surface area (Å²) in [5.74, 6) is -1.85. The molecule has 10 heteroatoms. The normalized spacial score (nSPS) is 14.9. The molecule has 1 fully saturated rings. The van der Waals surface area contributed by atoms with E-state index in [1.807, 2.05) is 0 Å². The molecule has 0 unspecified atom stereocenters. The minimum Gasteiger partial charge on any atom is -0.462 e. The number of rotatable bonds is 9. The van der Waals surface area contributed by atoms with Crippen LogP contribution >= 0.6 is 0 Å². The Labute approximate surface area is 157 Å². The molecule has 0 heterocycles. The number of carbonyl (C=O) groups excluding carboxylic acids is 3. The molecule has 1 aliphatic rings. The summed E-state index contributed by atoms with van der Waals surface area (Å²) in [6, 6.07) is 5.22. The standard InChI is InChI=1S/C17H22N2O7S/c1-3-25-17(22)12-4-8-14(9-5-12)27(23,24)18-10-15(20)26-11(2)16(21)19-13-6-7-13/h4-5,8-9,11,13,18H,3,6-7,10H2,1-2H3,(H,19,21)/t11-/m1/s1. The van der Waals surface area contributed by atoms with Crippen LogP contribution in [0.25, 0.3) is 0 Å². The van der Waals surface area contributed by atoms with E-state index in [0.717, 1.165) is 12.8 Å². The van der Waals surface area contributed by atoms with E-state index in [4.69, 9.17) is 9.47 Å². The molecule has 2 rings (SSSR count). The van der Waals surface area contributed by atoms with Crippen molar-refractivity contribution >= 4 is 27.9 Å². The molecule has 1 aliphatic carbocycles. The largest absolute Gasteiger partial charge is 0.462 e. The molecule has 1 aromatic rings. The summed E-state index contributed by atoms with van der Waals surface area (Å²) in [5.41, 5.74) is 0.214. The van der Waals surface area contributed by atoms with Crippen molar-refractivity contribution in [1.29, 1.82) is 0 Å². The van der Waals surface area contributed by atoms with E-state index < -0.39 is 40.5 Å².